The molecule has 1 amide bonds. The Kier molecular flexibility index (Phi) is 4.31. The molecule has 4 rings (SSSR count). The summed E-state index contributed by atoms with van der Waals surface area (Å²) in [7, 11) is 0. The number of hydrogen-bond acceptors (Lipinski definition) is 6. The molecule has 1 fully saturated rings. The number of fused-ring (bicyclic) bond motifs is 1. The Morgan fingerprint density at radius 1 is 1.28 bits per heavy atom. The minimum Gasteiger partial charge on any atom is -0.348 e. The van der Waals surface area contributed by atoms with Gasteiger partial charge in [0.25, 0.3) is 11.5 Å². The number of aromatic amines is 1. The van der Waals surface area contributed by atoms with E-state index in [0.717, 1.165) is 11.1 Å². The van der Waals surface area contributed by atoms with E-state index >= 15 is 0 Å². The zero-order chi connectivity index (χ0) is 17.2. The summed E-state index contributed by atoms with van der Waals surface area (Å²) in [6.45, 7) is 1.57. The quantitative estimate of drug-likeness (QED) is 0.744. The Bertz CT molecular complexity index is 958. The molecule has 0 radical (unpaired) electrons. The highest BCUT2D eigenvalue weighted by Gasteiger charge is 2.18. The molecule has 1 aliphatic heterocycles. The van der Waals surface area contributed by atoms with E-state index in [9.17, 15) is 9.59 Å². The SMILES string of the molecule is O=C(NCc1ccc(C2OCCO2)cc1)c1csc2nc[nH]c(=O)c12. The molecule has 3 heterocycles. The number of thiophene rings is 1. The predicted molar refractivity (Wildman–Crippen MR) is 92.5 cm³/mol. The number of carbonyl (C=O) groups is 1. The second-order valence-corrected chi connectivity index (χ2v) is 6.42. The number of H-pyrrole nitrogens is 1. The molecule has 8 heteroatoms. The Labute approximate surface area is 146 Å². The summed E-state index contributed by atoms with van der Waals surface area (Å²) in [5.41, 5.74) is 1.94. The number of nitrogens with zero attached hydrogens (tertiary/aromatic N) is 1. The van der Waals surface area contributed by atoms with Gasteiger partial charge in [0.15, 0.2) is 6.29 Å². The zero-order valence-corrected chi connectivity index (χ0v) is 14.0. The third-order valence-electron chi connectivity index (χ3n) is 3.95. The normalized spacial score (nSPS) is 14.9. The topological polar surface area (TPSA) is 93.3 Å². The Morgan fingerprint density at radius 2 is 2.04 bits per heavy atom. The van der Waals surface area contributed by atoms with Gasteiger partial charge in [-0.15, -0.1) is 11.3 Å². The fraction of sp³-hybridized carbons (Fsp3) is 0.235. The van der Waals surface area contributed by atoms with Gasteiger partial charge >= 0.3 is 0 Å². The summed E-state index contributed by atoms with van der Waals surface area (Å²) in [6, 6.07) is 7.68. The predicted octanol–water partition coefficient (Wildman–Crippen LogP) is 1.96. The molecule has 0 spiro atoms. The van der Waals surface area contributed by atoms with Crippen molar-refractivity contribution in [2.45, 2.75) is 12.8 Å². The first-order valence-electron chi connectivity index (χ1n) is 7.77. The maximum absolute atomic E-state index is 12.4. The number of nitrogens with one attached hydrogen (secondary N) is 2. The first kappa shape index (κ1) is 15.9. The standard InChI is InChI=1S/C17H15N3O4S/c21-14(12-8-25-16-13(12)15(22)19-9-20-16)18-7-10-1-3-11(4-2-10)17-23-5-6-24-17/h1-4,8-9,17H,5-7H2,(H,18,21)(H,19,20,22). The lowest BCUT2D eigenvalue weighted by atomic mass is 10.1. The van der Waals surface area contributed by atoms with Gasteiger partial charge in [0.05, 0.1) is 30.5 Å². The van der Waals surface area contributed by atoms with Crippen molar-refractivity contribution in [1.82, 2.24) is 15.3 Å². The third-order valence-corrected chi connectivity index (χ3v) is 4.83. The lowest BCUT2D eigenvalue weighted by Gasteiger charge is -2.10. The molecule has 1 aromatic carbocycles. The van der Waals surface area contributed by atoms with E-state index in [-0.39, 0.29) is 17.8 Å². The molecule has 1 saturated heterocycles. The maximum atomic E-state index is 12.4. The highest BCUT2D eigenvalue weighted by molar-refractivity contribution is 7.17. The molecule has 25 heavy (non-hydrogen) atoms. The molecule has 128 valence electrons. The van der Waals surface area contributed by atoms with E-state index in [2.05, 4.69) is 15.3 Å². The van der Waals surface area contributed by atoms with Gasteiger partial charge in [0.1, 0.15) is 4.83 Å². The van der Waals surface area contributed by atoms with E-state index in [0.29, 0.717) is 35.5 Å². The van der Waals surface area contributed by atoms with E-state index in [4.69, 9.17) is 9.47 Å². The monoisotopic (exact) mass is 357 g/mol. The Hall–Kier alpha value is -2.55. The fourth-order valence-electron chi connectivity index (χ4n) is 2.67. The van der Waals surface area contributed by atoms with Gasteiger partial charge in [-0.1, -0.05) is 24.3 Å². The van der Waals surface area contributed by atoms with E-state index in [1.165, 1.54) is 17.7 Å². The first-order valence-corrected chi connectivity index (χ1v) is 8.65. The molecule has 3 aromatic rings. The largest absolute Gasteiger partial charge is 0.348 e. The number of carbonyl (C=O) groups excluding carboxylic acids is 1. The van der Waals surface area contributed by atoms with E-state index in [1.54, 1.807) is 5.38 Å². The van der Waals surface area contributed by atoms with Gasteiger partial charge in [-0.2, -0.15) is 0 Å². The molecule has 0 unspecified atom stereocenters. The second-order valence-electron chi connectivity index (χ2n) is 5.56. The number of ether oxygens (including phenoxy) is 2. The molecule has 2 aromatic heterocycles. The molecular weight excluding hydrogens is 342 g/mol. The summed E-state index contributed by atoms with van der Waals surface area (Å²) < 4.78 is 10.9. The van der Waals surface area contributed by atoms with Gasteiger partial charge in [0.2, 0.25) is 0 Å². The molecule has 2 N–H and O–H groups in total. The van der Waals surface area contributed by atoms with Gasteiger partial charge in [-0.25, -0.2) is 4.98 Å². The summed E-state index contributed by atoms with van der Waals surface area (Å²) >= 11 is 1.27. The highest BCUT2D eigenvalue weighted by atomic mass is 32.1. The van der Waals surface area contributed by atoms with Gasteiger partial charge < -0.3 is 19.8 Å². The number of rotatable bonds is 4. The van der Waals surface area contributed by atoms with Crippen molar-refractivity contribution in [3.8, 4) is 0 Å². The van der Waals surface area contributed by atoms with Crippen molar-refractivity contribution < 1.29 is 14.3 Å². The third kappa shape index (κ3) is 3.19. The number of amides is 1. The zero-order valence-electron chi connectivity index (χ0n) is 13.2. The van der Waals surface area contributed by atoms with Gasteiger partial charge in [-0.3, -0.25) is 9.59 Å². The second kappa shape index (κ2) is 6.75. The molecule has 0 saturated carbocycles. The minimum atomic E-state index is -0.308. The summed E-state index contributed by atoms with van der Waals surface area (Å²) in [4.78, 5) is 31.4. The van der Waals surface area contributed by atoms with E-state index in [1.807, 2.05) is 24.3 Å². The van der Waals surface area contributed by atoms with Crippen LogP contribution in [0.4, 0.5) is 0 Å². The smallest absolute Gasteiger partial charge is 0.260 e. The van der Waals surface area contributed by atoms with Crippen molar-refractivity contribution in [3.63, 3.8) is 0 Å². The fourth-order valence-corrected chi connectivity index (χ4v) is 3.56. The van der Waals surface area contributed by atoms with Crippen LogP contribution in [0, 0.1) is 0 Å². The Balaban J connectivity index is 1.45. The van der Waals surface area contributed by atoms with Crippen LogP contribution in [0.15, 0.2) is 40.8 Å². The average Bonchev–Trinajstić information content (AvgIpc) is 3.30. The minimum absolute atomic E-state index is 0.295. The molecule has 1 aliphatic rings. The highest BCUT2D eigenvalue weighted by Crippen LogP contribution is 2.23. The van der Waals surface area contributed by atoms with Crippen LogP contribution >= 0.6 is 11.3 Å². The molecule has 0 aliphatic carbocycles. The molecule has 0 bridgehead atoms. The lowest BCUT2D eigenvalue weighted by Crippen LogP contribution is -2.23. The van der Waals surface area contributed by atoms with Crippen LogP contribution in [0.3, 0.4) is 0 Å². The van der Waals surface area contributed by atoms with Crippen molar-refractivity contribution in [2.24, 2.45) is 0 Å². The number of aromatic nitrogens is 2. The summed E-state index contributed by atoms with van der Waals surface area (Å²) in [6.07, 6.45) is 1.03. The van der Waals surface area contributed by atoms with Crippen LogP contribution in [-0.4, -0.2) is 29.1 Å². The van der Waals surface area contributed by atoms with E-state index < -0.39 is 0 Å². The van der Waals surface area contributed by atoms with Crippen LogP contribution in [0.5, 0.6) is 0 Å². The Morgan fingerprint density at radius 3 is 2.80 bits per heavy atom. The summed E-state index contributed by atoms with van der Waals surface area (Å²) in [5, 5.41) is 4.82. The summed E-state index contributed by atoms with van der Waals surface area (Å²) in [5.74, 6) is -0.295. The van der Waals surface area contributed by atoms with Crippen molar-refractivity contribution >= 4 is 27.5 Å². The number of benzene rings is 1. The first-order chi connectivity index (χ1) is 12.2. The molecular formula is C17H15N3O4S. The van der Waals surface area contributed by atoms with Crippen LogP contribution < -0.4 is 10.9 Å². The van der Waals surface area contributed by atoms with Crippen molar-refractivity contribution in [2.75, 3.05) is 13.2 Å². The van der Waals surface area contributed by atoms with Crippen LogP contribution in [-0.2, 0) is 16.0 Å². The van der Waals surface area contributed by atoms with Crippen molar-refractivity contribution in [3.05, 3.63) is 63.0 Å². The molecule has 0 atom stereocenters. The molecule has 7 nitrogen and oxygen atoms in total. The number of hydrogen-bond donors (Lipinski definition) is 2. The van der Waals surface area contributed by atoms with Crippen LogP contribution in [0.2, 0.25) is 0 Å². The average molecular weight is 357 g/mol. The maximum Gasteiger partial charge on any atom is 0.260 e. The van der Waals surface area contributed by atoms with Crippen molar-refractivity contribution in [1.29, 1.82) is 0 Å². The van der Waals surface area contributed by atoms with Gasteiger partial charge in [0, 0.05) is 17.5 Å². The van der Waals surface area contributed by atoms with Crippen LogP contribution in [0.1, 0.15) is 27.8 Å². The van der Waals surface area contributed by atoms with Crippen LogP contribution in [0.25, 0.3) is 10.2 Å². The lowest BCUT2D eigenvalue weighted by molar-refractivity contribution is -0.0441. The van der Waals surface area contributed by atoms with Gasteiger partial charge in [-0.05, 0) is 5.56 Å².